The summed E-state index contributed by atoms with van der Waals surface area (Å²) in [5.41, 5.74) is 0. The van der Waals surface area contributed by atoms with E-state index < -0.39 is 0 Å². The van der Waals surface area contributed by atoms with Gasteiger partial charge >= 0.3 is 0 Å². The molecule has 2 N–H and O–H groups in total. The van der Waals surface area contributed by atoms with E-state index in [1.807, 2.05) is 0 Å². The predicted octanol–water partition coefficient (Wildman–Crippen LogP) is 3.50. The number of hydrogen-bond donors (Lipinski definition) is 2. The highest BCUT2D eigenvalue weighted by Gasteiger charge is 2.30. The average molecular weight is 254 g/mol. The fourth-order valence-electron chi connectivity index (χ4n) is 4.05. The van der Waals surface area contributed by atoms with Crippen LogP contribution in [0.15, 0.2) is 0 Å². The molecule has 0 spiro atoms. The minimum Gasteiger partial charge on any atom is -0.393 e. The summed E-state index contributed by atoms with van der Waals surface area (Å²) in [7, 11) is 0. The normalized spacial score (nSPS) is 35.8. The Kier molecular flexibility index (Phi) is 5.50. The minimum absolute atomic E-state index is 0.161. The molecule has 106 valence electrons. The molecule has 0 aromatic heterocycles. The highest BCUT2D eigenvalue weighted by molar-refractivity contribution is 4.82. The first kappa shape index (κ1) is 14.3. The van der Waals surface area contributed by atoms with Crippen LogP contribution in [-0.2, 0) is 0 Å². The molecule has 4 unspecified atom stereocenters. The molecule has 2 heteroatoms. The summed E-state index contributed by atoms with van der Waals surface area (Å²) in [6.07, 6.45) is 11.2. The van der Waals surface area contributed by atoms with E-state index in [4.69, 9.17) is 0 Å². The molecule has 0 heterocycles. The molecule has 4 atom stereocenters. The van der Waals surface area contributed by atoms with Gasteiger partial charge in [-0.1, -0.05) is 39.0 Å². The zero-order valence-corrected chi connectivity index (χ0v) is 11.9. The van der Waals surface area contributed by atoms with Gasteiger partial charge in [0.25, 0.3) is 0 Å². The highest BCUT2D eigenvalue weighted by atomic mass is 16.3. The molecule has 0 aromatic carbocycles. The monoisotopic (exact) mass is 254 g/mol. The van der Waals surface area contributed by atoms with E-state index in [2.05, 4.69) is 6.92 Å². The predicted molar refractivity (Wildman–Crippen MR) is 74.3 cm³/mol. The van der Waals surface area contributed by atoms with E-state index in [0.717, 1.165) is 37.5 Å². The first-order valence-electron chi connectivity index (χ1n) is 8.05. The lowest BCUT2D eigenvalue weighted by atomic mass is 9.75. The van der Waals surface area contributed by atoms with Crippen molar-refractivity contribution >= 4 is 0 Å². The third-order valence-electron chi connectivity index (χ3n) is 5.28. The molecule has 2 aliphatic rings. The van der Waals surface area contributed by atoms with Gasteiger partial charge in [-0.2, -0.15) is 0 Å². The van der Waals surface area contributed by atoms with Crippen molar-refractivity contribution in [3.05, 3.63) is 0 Å². The first-order valence-corrected chi connectivity index (χ1v) is 8.05. The fourth-order valence-corrected chi connectivity index (χ4v) is 4.05. The SMILES string of the molecule is CCC1CCC(O)C(CC(O)CC2CCCC2)C1. The Hall–Kier alpha value is -0.0800. The summed E-state index contributed by atoms with van der Waals surface area (Å²) < 4.78 is 0. The Labute approximate surface area is 112 Å². The second-order valence-electron chi connectivity index (χ2n) is 6.69. The van der Waals surface area contributed by atoms with Crippen LogP contribution in [0.1, 0.15) is 71.1 Å². The number of aliphatic hydroxyl groups excluding tert-OH is 2. The Balaban J connectivity index is 1.75. The van der Waals surface area contributed by atoms with Crippen LogP contribution in [0.2, 0.25) is 0 Å². The zero-order valence-electron chi connectivity index (χ0n) is 11.9. The molecule has 18 heavy (non-hydrogen) atoms. The maximum Gasteiger partial charge on any atom is 0.0569 e. The molecule has 2 rings (SSSR count). The van der Waals surface area contributed by atoms with Gasteiger partial charge in [-0.15, -0.1) is 0 Å². The van der Waals surface area contributed by atoms with Gasteiger partial charge in [0.2, 0.25) is 0 Å². The average Bonchev–Trinajstić information content (AvgIpc) is 2.84. The van der Waals surface area contributed by atoms with E-state index in [1.54, 1.807) is 0 Å². The van der Waals surface area contributed by atoms with Crippen molar-refractivity contribution in [2.75, 3.05) is 0 Å². The molecule has 0 radical (unpaired) electrons. The second-order valence-corrected chi connectivity index (χ2v) is 6.69. The molecule has 0 amide bonds. The zero-order chi connectivity index (χ0) is 13.0. The maximum atomic E-state index is 10.2. The number of rotatable bonds is 5. The first-order chi connectivity index (χ1) is 8.69. The van der Waals surface area contributed by atoms with Crippen LogP contribution in [0.4, 0.5) is 0 Å². The molecule has 2 saturated carbocycles. The van der Waals surface area contributed by atoms with Gasteiger partial charge in [0.05, 0.1) is 12.2 Å². The molecule has 2 nitrogen and oxygen atoms in total. The quantitative estimate of drug-likeness (QED) is 0.788. The lowest BCUT2D eigenvalue weighted by Crippen LogP contribution is -2.32. The number of hydrogen-bond acceptors (Lipinski definition) is 2. The van der Waals surface area contributed by atoms with E-state index >= 15 is 0 Å². The van der Waals surface area contributed by atoms with Gasteiger partial charge in [-0.3, -0.25) is 0 Å². The fraction of sp³-hybridized carbons (Fsp3) is 1.00. The lowest BCUT2D eigenvalue weighted by molar-refractivity contribution is 0.0112. The van der Waals surface area contributed by atoms with E-state index in [9.17, 15) is 10.2 Å². The molecular formula is C16H30O2. The maximum absolute atomic E-state index is 10.2. The third kappa shape index (κ3) is 3.96. The Morgan fingerprint density at radius 3 is 2.39 bits per heavy atom. The highest BCUT2D eigenvalue weighted by Crippen LogP contribution is 2.36. The Morgan fingerprint density at radius 1 is 1.00 bits per heavy atom. The Morgan fingerprint density at radius 2 is 1.72 bits per heavy atom. The molecule has 0 bridgehead atoms. The lowest BCUT2D eigenvalue weighted by Gasteiger charge is -2.34. The van der Waals surface area contributed by atoms with Crippen molar-refractivity contribution < 1.29 is 10.2 Å². The van der Waals surface area contributed by atoms with Crippen LogP contribution >= 0.6 is 0 Å². The second kappa shape index (κ2) is 6.91. The van der Waals surface area contributed by atoms with E-state index in [0.29, 0.717) is 5.92 Å². The van der Waals surface area contributed by atoms with Gasteiger partial charge in [0.15, 0.2) is 0 Å². The van der Waals surface area contributed by atoms with Crippen LogP contribution in [0.3, 0.4) is 0 Å². The van der Waals surface area contributed by atoms with Crippen LogP contribution < -0.4 is 0 Å². The van der Waals surface area contributed by atoms with E-state index in [-0.39, 0.29) is 12.2 Å². The standard InChI is InChI=1S/C16H30O2/c1-2-12-7-8-16(18)14(9-12)11-15(17)10-13-5-3-4-6-13/h12-18H,2-11H2,1H3. The molecule has 0 aromatic rings. The van der Waals surface area contributed by atoms with Crippen LogP contribution in [-0.4, -0.2) is 22.4 Å². The summed E-state index contributed by atoms with van der Waals surface area (Å²) >= 11 is 0. The smallest absolute Gasteiger partial charge is 0.0569 e. The van der Waals surface area contributed by atoms with Gasteiger partial charge in [0, 0.05) is 0 Å². The summed E-state index contributed by atoms with van der Waals surface area (Å²) in [6, 6.07) is 0. The molecule has 2 fully saturated rings. The third-order valence-corrected chi connectivity index (χ3v) is 5.28. The van der Waals surface area contributed by atoms with Crippen molar-refractivity contribution in [1.29, 1.82) is 0 Å². The molecule has 2 aliphatic carbocycles. The van der Waals surface area contributed by atoms with Gasteiger partial charge in [-0.05, 0) is 49.9 Å². The molecular weight excluding hydrogens is 224 g/mol. The minimum atomic E-state index is -0.177. The van der Waals surface area contributed by atoms with Crippen LogP contribution in [0, 0.1) is 17.8 Å². The van der Waals surface area contributed by atoms with E-state index in [1.165, 1.54) is 38.5 Å². The van der Waals surface area contributed by atoms with Gasteiger partial charge in [0.1, 0.15) is 0 Å². The largest absolute Gasteiger partial charge is 0.393 e. The summed E-state index contributed by atoms with van der Waals surface area (Å²) in [5, 5.41) is 20.3. The summed E-state index contributed by atoms with van der Waals surface area (Å²) in [6.45, 7) is 2.24. The Bertz CT molecular complexity index is 235. The van der Waals surface area contributed by atoms with Gasteiger partial charge in [-0.25, -0.2) is 0 Å². The van der Waals surface area contributed by atoms with Crippen LogP contribution in [0.5, 0.6) is 0 Å². The van der Waals surface area contributed by atoms with Crippen molar-refractivity contribution in [3.63, 3.8) is 0 Å². The van der Waals surface area contributed by atoms with Crippen LogP contribution in [0.25, 0.3) is 0 Å². The van der Waals surface area contributed by atoms with Crippen molar-refractivity contribution in [3.8, 4) is 0 Å². The van der Waals surface area contributed by atoms with Crippen molar-refractivity contribution in [2.45, 2.75) is 83.3 Å². The summed E-state index contributed by atoms with van der Waals surface area (Å²) in [4.78, 5) is 0. The van der Waals surface area contributed by atoms with Crippen molar-refractivity contribution in [2.24, 2.45) is 17.8 Å². The van der Waals surface area contributed by atoms with Gasteiger partial charge < -0.3 is 10.2 Å². The molecule has 0 saturated heterocycles. The topological polar surface area (TPSA) is 40.5 Å². The van der Waals surface area contributed by atoms with Crippen molar-refractivity contribution in [1.82, 2.24) is 0 Å². The summed E-state index contributed by atoms with van der Waals surface area (Å²) in [5.74, 6) is 1.87. The number of aliphatic hydroxyl groups is 2. The molecule has 0 aliphatic heterocycles.